The summed E-state index contributed by atoms with van der Waals surface area (Å²) in [6.07, 6.45) is 0. The highest BCUT2D eigenvalue weighted by molar-refractivity contribution is 5.36. The van der Waals surface area contributed by atoms with Gasteiger partial charge in [0.2, 0.25) is 0 Å². The second-order valence-electron chi connectivity index (χ2n) is 2.51. The molecule has 11 heavy (non-hydrogen) atoms. The molecule has 0 radical (unpaired) electrons. The monoisotopic (exact) mass is 147 g/mol. The molecule has 0 aromatic heterocycles. The van der Waals surface area contributed by atoms with Crippen molar-refractivity contribution in [1.82, 2.24) is 0 Å². The average Bonchev–Trinajstić information content (AvgIpc) is 2.04. The Balaban J connectivity index is 2.80. The Bertz CT molecular complexity index is 381. The Hall–Kier alpha value is -1.38. The number of nitrogens with two attached hydrogens (primary N) is 1. The van der Waals surface area contributed by atoms with Gasteiger partial charge in [-0.15, -0.1) is 0 Å². The number of hydrogen-bond donors (Lipinski definition) is 1. The van der Waals surface area contributed by atoms with Gasteiger partial charge in [0.15, 0.2) is 0 Å². The zero-order valence-corrected chi connectivity index (χ0v) is 6.12. The molecule has 1 aliphatic rings. The number of hydrogen-bond acceptors (Lipinski definition) is 3. The topological polar surface area (TPSA) is 50.7 Å². The van der Waals surface area contributed by atoms with Gasteiger partial charge < -0.3 is 5.73 Å². The van der Waals surface area contributed by atoms with Gasteiger partial charge in [-0.3, -0.25) is 9.98 Å². The van der Waals surface area contributed by atoms with Crippen molar-refractivity contribution in [2.75, 3.05) is 18.8 Å². The summed E-state index contributed by atoms with van der Waals surface area (Å²) in [6.45, 7) is 1.59. The zero-order valence-electron chi connectivity index (χ0n) is 6.12. The Morgan fingerprint density at radius 2 is 1.82 bits per heavy atom. The fourth-order valence-electron chi connectivity index (χ4n) is 1.14. The highest BCUT2D eigenvalue weighted by atomic mass is 14.8. The van der Waals surface area contributed by atoms with Crippen molar-refractivity contribution in [2.24, 2.45) is 9.98 Å². The number of nitrogen functional groups attached to an aromatic ring is 1. The van der Waals surface area contributed by atoms with Gasteiger partial charge in [-0.05, 0) is 18.2 Å². The first-order valence-corrected chi connectivity index (χ1v) is 3.61. The van der Waals surface area contributed by atoms with Crippen LogP contribution in [0.2, 0.25) is 0 Å². The van der Waals surface area contributed by atoms with Gasteiger partial charge in [-0.2, -0.15) is 0 Å². The van der Waals surface area contributed by atoms with Crippen LogP contribution in [0, 0.1) is 0 Å². The first kappa shape index (κ1) is 6.34. The molecule has 1 aromatic rings. The van der Waals surface area contributed by atoms with Crippen molar-refractivity contribution in [2.45, 2.75) is 0 Å². The molecule has 1 heterocycles. The maximum Gasteiger partial charge on any atom is 0.0847 e. The van der Waals surface area contributed by atoms with Gasteiger partial charge in [-0.25, -0.2) is 0 Å². The van der Waals surface area contributed by atoms with Gasteiger partial charge in [0, 0.05) is 5.69 Å². The highest BCUT2D eigenvalue weighted by Gasteiger charge is 1.94. The van der Waals surface area contributed by atoms with Crippen LogP contribution < -0.4 is 16.4 Å². The van der Waals surface area contributed by atoms with Crippen LogP contribution in [-0.4, -0.2) is 13.1 Å². The van der Waals surface area contributed by atoms with Crippen molar-refractivity contribution in [3.05, 3.63) is 28.9 Å². The third-order valence-corrected chi connectivity index (χ3v) is 1.66. The molecule has 1 aromatic carbocycles. The molecule has 0 saturated heterocycles. The molecule has 0 spiro atoms. The predicted molar refractivity (Wildman–Crippen MR) is 42.9 cm³/mol. The van der Waals surface area contributed by atoms with E-state index in [-0.39, 0.29) is 0 Å². The lowest BCUT2D eigenvalue weighted by Gasteiger charge is -1.98. The molecular weight excluding hydrogens is 138 g/mol. The number of nitrogens with zero attached hydrogens (tertiary/aromatic N) is 2. The van der Waals surface area contributed by atoms with Gasteiger partial charge in [0.05, 0.1) is 23.8 Å². The Morgan fingerprint density at radius 3 is 2.64 bits per heavy atom. The molecule has 0 unspecified atom stereocenters. The molecule has 0 amide bonds. The largest absolute Gasteiger partial charge is 0.399 e. The Labute approximate surface area is 64.3 Å². The third-order valence-electron chi connectivity index (χ3n) is 1.66. The molecule has 1 aliphatic heterocycles. The summed E-state index contributed by atoms with van der Waals surface area (Å²) >= 11 is 0. The molecule has 56 valence electrons. The van der Waals surface area contributed by atoms with Crippen LogP contribution in [0.25, 0.3) is 0 Å². The van der Waals surface area contributed by atoms with E-state index in [2.05, 4.69) is 9.98 Å². The molecule has 3 heteroatoms. The standard InChI is InChI=1S/C8H9N3/c9-6-1-2-7-8(5-6)11-4-3-10-7/h1-2,5H,3-4,9H2. The fourth-order valence-corrected chi connectivity index (χ4v) is 1.14. The van der Waals surface area contributed by atoms with Crippen LogP contribution in [-0.2, 0) is 0 Å². The minimum absolute atomic E-state index is 0.754. The quantitative estimate of drug-likeness (QED) is 0.495. The zero-order chi connectivity index (χ0) is 7.68. The van der Waals surface area contributed by atoms with Crippen LogP contribution in [0.15, 0.2) is 28.2 Å². The lowest BCUT2D eigenvalue weighted by Crippen LogP contribution is -2.29. The van der Waals surface area contributed by atoms with Crippen molar-refractivity contribution in [3.63, 3.8) is 0 Å². The number of fused-ring (bicyclic) bond motifs is 1. The van der Waals surface area contributed by atoms with E-state index in [4.69, 9.17) is 5.73 Å². The highest BCUT2D eigenvalue weighted by Crippen LogP contribution is 1.91. The Morgan fingerprint density at radius 1 is 1.09 bits per heavy atom. The molecule has 2 N–H and O–H groups in total. The van der Waals surface area contributed by atoms with Crippen LogP contribution in [0.3, 0.4) is 0 Å². The minimum Gasteiger partial charge on any atom is -0.399 e. The summed E-state index contributed by atoms with van der Waals surface area (Å²) in [6, 6.07) is 5.62. The van der Waals surface area contributed by atoms with E-state index in [9.17, 15) is 0 Å². The molecule has 3 nitrogen and oxygen atoms in total. The van der Waals surface area contributed by atoms with Crippen LogP contribution in [0.5, 0.6) is 0 Å². The molecule has 2 rings (SSSR count). The number of anilines is 1. The molecule has 0 aliphatic carbocycles. The summed E-state index contributed by atoms with van der Waals surface area (Å²) in [7, 11) is 0. The normalized spacial score (nSPS) is 14.5. The van der Waals surface area contributed by atoms with E-state index in [1.165, 1.54) is 0 Å². The predicted octanol–water partition coefficient (Wildman–Crippen LogP) is -0.478. The smallest absolute Gasteiger partial charge is 0.0847 e. The fraction of sp³-hybridized carbons (Fsp3) is 0.250. The first-order valence-electron chi connectivity index (χ1n) is 3.61. The number of benzene rings is 1. The Kier molecular flexibility index (Phi) is 1.35. The SMILES string of the molecule is Nc1ccc2c(c1)=NCCN=2. The van der Waals surface area contributed by atoms with E-state index in [0.717, 1.165) is 29.5 Å². The maximum atomic E-state index is 5.58. The summed E-state index contributed by atoms with van der Waals surface area (Å²) in [5.74, 6) is 0. The molecular formula is C8H9N3. The van der Waals surface area contributed by atoms with E-state index < -0.39 is 0 Å². The lowest BCUT2D eigenvalue weighted by molar-refractivity contribution is 0.865. The summed E-state index contributed by atoms with van der Waals surface area (Å²) < 4.78 is 0. The molecule has 0 bridgehead atoms. The van der Waals surface area contributed by atoms with Crippen molar-refractivity contribution in [3.8, 4) is 0 Å². The van der Waals surface area contributed by atoms with E-state index >= 15 is 0 Å². The van der Waals surface area contributed by atoms with Crippen LogP contribution in [0.1, 0.15) is 0 Å². The van der Waals surface area contributed by atoms with Crippen LogP contribution in [0.4, 0.5) is 5.69 Å². The summed E-state index contributed by atoms with van der Waals surface area (Å²) in [5, 5.41) is 1.89. The van der Waals surface area contributed by atoms with E-state index in [1.54, 1.807) is 0 Å². The van der Waals surface area contributed by atoms with Gasteiger partial charge in [0.1, 0.15) is 0 Å². The third kappa shape index (κ3) is 1.09. The van der Waals surface area contributed by atoms with Crippen LogP contribution >= 0.6 is 0 Å². The summed E-state index contributed by atoms with van der Waals surface area (Å²) in [5.41, 5.74) is 6.33. The minimum atomic E-state index is 0.754. The van der Waals surface area contributed by atoms with Gasteiger partial charge in [-0.1, -0.05) is 0 Å². The van der Waals surface area contributed by atoms with Gasteiger partial charge >= 0.3 is 0 Å². The number of rotatable bonds is 0. The second kappa shape index (κ2) is 2.34. The second-order valence-corrected chi connectivity index (χ2v) is 2.51. The first-order chi connectivity index (χ1) is 5.36. The molecule has 0 saturated carbocycles. The van der Waals surface area contributed by atoms with Crippen molar-refractivity contribution in [1.29, 1.82) is 0 Å². The molecule has 0 atom stereocenters. The average molecular weight is 147 g/mol. The summed E-state index contributed by atoms with van der Waals surface area (Å²) in [4.78, 5) is 8.56. The van der Waals surface area contributed by atoms with Crippen molar-refractivity contribution < 1.29 is 0 Å². The van der Waals surface area contributed by atoms with E-state index in [1.807, 2.05) is 18.2 Å². The lowest BCUT2D eigenvalue weighted by atomic mass is 10.3. The molecule has 0 fully saturated rings. The van der Waals surface area contributed by atoms with Crippen molar-refractivity contribution >= 4 is 5.69 Å². The van der Waals surface area contributed by atoms with Gasteiger partial charge in [0.25, 0.3) is 0 Å². The maximum absolute atomic E-state index is 5.58. The van der Waals surface area contributed by atoms with E-state index in [0.29, 0.717) is 0 Å².